The minimum absolute atomic E-state index is 0.731. The summed E-state index contributed by atoms with van der Waals surface area (Å²) >= 11 is 0. The molecule has 3 rings (SSSR count). The fourth-order valence-electron chi connectivity index (χ4n) is 2.02. The molecule has 1 N–H and O–H groups in total. The van der Waals surface area contributed by atoms with Gasteiger partial charge in [-0.2, -0.15) is 0 Å². The van der Waals surface area contributed by atoms with Crippen LogP contribution in [0, 0.1) is 0 Å². The van der Waals surface area contributed by atoms with E-state index in [0.717, 1.165) is 30.8 Å². The second kappa shape index (κ2) is 5.82. The Hall–Kier alpha value is -1.57. The minimum atomic E-state index is -1.41. The maximum atomic E-state index is 10.6. The van der Waals surface area contributed by atoms with E-state index in [0.29, 0.717) is 0 Å². The van der Waals surface area contributed by atoms with Gasteiger partial charge in [0.2, 0.25) is 0 Å². The maximum Gasteiger partial charge on any atom is 0.324 e. The fraction of sp³-hybridized carbons (Fsp3) is 0.250. The van der Waals surface area contributed by atoms with Crippen LogP contribution in [0.4, 0.5) is 0 Å². The fourth-order valence-corrected chi connectivity index (χ4v) is 3.70. The highest BCUT2D eigenvalue weighted by Crippen LogP contribution is 2.59. The first-order chi connectivity index (χ1) is 9.76. The van der Waals surface area contributed by atoms with Crippen molar-refractivity contribution in [3.05, 3.63) is 60.7 Å². The van der Waals surface area contributed by atoms with Crippen LogP contribution in [0.15, 0.2) is 60.7 Å². The van der Waals surface area contributed by atoms with E-state index >= 15 is 0 Å². The number of para-hydroxylation sites is 2. The van der Waals surface area contributed by atoms with Crippen LogP contribution in [0.2, 0.25) is 0 Å². The van der Waals surface area contributed by atoms with Crippen LogP contribution in [-0.2, 0) is 0 Å². The molecule has 0 amide bonds. The molecule has 1 saturated carbocycles. The molecule has 0 bridgehead atoms. The van der Waals surface area contributed by atoms with Crippen LogP contribution in [0.1, 0.15) is 19.3 Å². The van der Waals surface area contributed by atoms with Gasteiger partial charge < -0.3 is 14.2 Å². The summed E-state index contributed by atoms with van der Waals surface area (Å²) in [7, 11) is -1.41. The van der Waals surface area contributed by atoms with Crippen molar-refractivity contribution in [2.24, 2.45) is 0 Å². The Morgan fingerprint density at radius 2 is 1.25 bits per heavy atom. The summed E-state index contributed by atoms with van der Waals surface area (Å²) in [5.41, 5.74) is 0. The standard InChI is InChI=1S/C16H17O3P/c17-16(12-7-13-16)20(18-14-8-3-1-4-9-14)19-15-10-5-2-6-11-15/h1-6,8-11,17H,7,12-13H2. The molecule has 0 heterocycles. The first-order valence-corrected chi connectivity index (χ1v) is 7.93. The van der Waals surface area contributed by atoms with E-state index in [2.05, 4.69) is 0 Å². The lowest BCUT2D eigenvalue weighted by Crippen LogP contribution is -2.37. The van der Waals surface area contributed by atoms with Gasteiger partial charge in [-0.25, -0.2) is 0 Å². The summed E-state index contributed by atoms with van der Waals surface area (Å²) in [6.07, 6.45) is 2.49. The molecular formula is C16H17O3P. The van der Waals surface area contributed by atoms with E-state index in [9.17, 15) is 5.11 Å². The number of benzene rings is 2. The highest BCUT2D eigenvalue weighted by molar-refractivity contribution is 7.49. The Morgan fingerprint density at radius 1 is 0.800 bits per heavy atom. The summed E-state index contributed by atoms with van der Waals surface area (Å²) in [6.45, 7) is 0. The molecule has 2 aromatic carbocycles. The summed E-state index contributed by atoms with van der Waals surface area (Å²) in [5, 5.41) is 9.74. The second-order valence-corrected chi connectivity index (χ2v) is 6.61. The molecule has 1 aliphatic carbocycles. The Labute approximate surface area is 120 Å². The van der Waals surface area contributed by atoms with Crippen LogP contribution >= 0.6 is 8.38 Å². The average molecular weight is 288 g/mol. The summed E-state index contributed by atoms with van der Waals surface area (Å²) < 4.78 is 11.8. The zero-order valence-electron chi connectivity index (χ0n) is 11.1. The molecular weight excluding hydrogens is 271 g/mol. The van der Waals surface area contributed by atoms with Crippen LogP contribution in [0.5, 0.6) is 11.5 Å². The molecule has 3 nitrogen and oxygen atoms in total. The number of rotatable bonds is 5. The van der Waals surface area contributed by atoms with Gasteiger partial charge >= 0.3 is 8.38 Å². The predicted molar refractivity (Wildman–Crippen MR) is 79.9 cm³/mol. The van der Waals surface area contributed by atoms with Gasteiger partial charge in [0.05, 0.1) is 0 Å². The zero-order chi connectivity index (χ0) is 13.8. The summed E-state index contributed by atoms with van der Waals surface area (Å²) in [4.78, 5) is 0. The molecule has 104 valence electrons. The summed E-state index contributed by atoms with van der Waals surface area (Å²) in [5.74, 6) is 1.46. The van der Waals surface area contributed by atoms with Gasteiger partial charge in [-0.1, -0.05) is 36.4 Å². The quantitative estimate of drug-likeness (QED) is 0.832. The van der Waals surface area contributed by atoms with Crippen molar-refractivity contribution in [2.45, 2.75) is 24.6 Å². The van der Waals surface area contributed by atoms with Gasteiger partial charge in [-0.3, -0.25) is 0 Å². The van der Waals surface area contributed by atoms with E-state index in [-0.39, 0.29) is 0 Å². The monoisotopic (exact) mass is 288 g/mol. The molecule has 0 aliphatic heterocycles. The van der Waals surface area contributed by atoms with E-state index < -0.39 is 13.7 Å². The van der Waals surface area contributed by atoms with Crippen molar-refractivity contribution in [2.75, 3.05) is 0 Å². The Morgan fingerprint density at radius 3 is 1.60 bits per heavy atom. The van der Waals surface area contributed by atoms with Crippen molar-refractivity contribution in [1.82, 2.24) is 0 Å². The normalized spacial score (nSPS) is 16.5. The van der Waals surface area contributed by atoms with Gasteiger partial charge in [0.15, 0.2) is 5.34 Å². The molecule has 1 fully saturated rings. The summed E-state index contributed by atoms with van der Waals surface area (Å²) in [6, 6.07) is 19.0. The topological polar surface area (TPSA) is 38.7 Å². The largest absolute Gasteiger partial charge is 0.437 e. The van der Waals surface area contributed by atoms with E-state index in [1.807, 2.05) is 60.7 Å². The molecule has 0 spiro atoms. The molecule has 0 unspecified atom stereocenters. The maximum absolute atomic E-state index is 10.6. The molecule has 0 aromatic heterocycles. The minimum Gasteiger partial charge on any atom is -0.437 e. The zero-order valence-corrected chi connectivity index (χ0v) is 12.0. The smallest absolute Gasteiger partial charge is 0.324 e. The molecule has 0 saturated heterocycles. The third kappa shape index (κ3) is 2.95. The first kappa shape index (κ1) is 13.4. The molecule has 0 radical (unpaired) electrons. The Kier molecular flexibility index (Phi) is 3.90. The van der Waals surface area contributed by atoms with Crippen molar-refractivity contribution in [3.8, 4) is 11.5 Å². The van der Waals surface area contributed by atoms with Crippen LogP contribution in [0.3, 0.4) is 0 Å². The lowest BCUT2D eigenvalue weighted by atomic mass is 9.95. The third-order valence-corrected chi connectivity index (χ3v) is 5.24. The van der Waals surface area contributed by atoms with E-state index in [1.54, 1.807) is 0 Å². The molecule has 0 atom stereocenters. The van der Waals surface area contributed by atoms with E-state index in [1.165, 1.54) is 0 Å². The van der Waals surface area contributed by atoms with Crippen LogP contribution in [0.25, 0.3) is 0 Å². The molecule has 2 aromatic rings. The highest BCUT2D eigenvalue weighted by atomic mass is 31.2. The van der Waals surface area contributed by atoms with Crippen molar-refractivity contribution in [1.29, 1.82) is 0 Å². The third-order valence-electron chi connectivity index (χ3n) is 3.36. The highest BCUT2D eigenvalue weighted by Gasteiger charge is 2.48. The Bertz CT molecular complexity index is 499. The molecule has 1 aliphatic rings. The van der Waals surface area contributed by atoms with Gasteiger partial charge in [0.1, 0.15) is 11.5 Å². The van der Waals surface area contributed by atoms with E-state index in [4.69, 9.17) is 9.05 Å². The van der Waals surface area contributed by atoms with Gasteiger partial charge in [-0.15, -0.1) is 0 Å². The van der Waals surface area contributed by atoms with Crippen molar-refractivity contribution >= 4 is 8.38 Å². The average Bonchev–Trinajstić information content (AvgIpc) is 2.46. The van der Waals surface area contributed by atoms with Crippen LogP contribution < -0.4 is 9.05 Å². The molecule has 4 heteroatoms. The lowest BCUT2D eigenvalue weighted by Gasteiger charge is -2.40. The lowest BCUT2D eigenvalue weighted by molar-refractivity contribution is 0.0363. The van der Waals surface area contributed by atoms with Crippen molar-refractivity contribution < 1.29 is 14.2 Å². The van der Waals surface area contributed by atoms with Gasteiger partial charge in [0, 0.05) is 0 Å². The first-order valence-electron chi connectivity index (χ1n) is 6.75. The molecule has 20 heavy (non-hydrogen) atoms. The number of hydrogen-bond donors (Lipinski definition) is 1. The SMILES string of the molecule is OC1(P(Oc2ccccc2)Oc2ccccc2)CCC1. The van der Waals surface area contributed by atoms with Crippen molar-refractivity contribution in [3.63, 3.8) is 0 Å². The van der Waals surface area contributed by atoms with Gasteiger partial charge in [-0.05, 0) is 43.5 Å². The number of hydrogen-bond acceptors (Lipinski definition) is 3. The Balaban J connectivity index is 1.77. The van der Waals surface area contributed by atoms with Crippen LogP contribution in [-0.4, -0.2) is 10.4 Å². The second-order valence-electron chi connectivity index (χ2n) is 4.90. The number of aliphatic hydroxyl groups is 1. The van der Waals surface area contributed by atoms with Gasteiger partial charge in [0.25, 0.3) is 0 Å². The predicted octanol–water partition coefficient (Wildman–Crippen LogP) is 4.33.